The summed E-state index contributed by atoms with van der Waals surface area (Å²) in [5, 5.41) is 12.8. The number of nitrogens with one attached hydrogen (secondary N) is 2. The van der Waals surface area contributed by atoms with Crippen LogP contribution < -0.4 is 14.8 Å². The Balaban J connectivity index is 1.68. The van der Waals surface area contributed by atoms with Crippen molar-refractivity contribution in [2.75, 3.05) is 28.7 Å². The van der Waals surface area contributed by atoms with Gasteiger partial charge in [0.05, 0.1) is 35.7 Å². The van der Waals surface area contributed by atoms with E-state index in [4.69, 9.17) is 4.74 Å². The average Bonchev–Trinajstić information content (AvgIpc) is 2.88. The Kier molecular flexibility index (Phi) is 5.31. The number of hydrogen-bond donors (Lipinski definition) is 3. The summed E-state index contributed by atoms with van der Waals surface area (Å²) in [6.45, 7) is 0. The van der Waals surface area contributed by atoms with Crippen LogP contribution in [-0.4, -0.2) is 52.7 Å². The third kappa shape index (κ3) is 4.71. The number of ether oxygens (including phenoxy) is 1. The number of rotatable bonds is 6. The second-order valence-corrected chi connectivity index (χ2v) is 10.1. The Hall–Kier alpha value is -2.30. The van der Waals surface area contributed by atoms with E-state index in [0.717, 1.165) is 0 Å². The maximum absolute atomic E-state index is 12.4. The lowest BCUT2D eigenvalue weighted by Crippen LogP contribution is -2.31. The van der Waals surface area contributed by atoms with Crippen molar-refractivity contribution in [3.05, 3.63) is 48.5 Å². The number of hydrogen-bond acceptors (Lipinski definition) is 7. The molecule has 0 aromatic heterocycles. The standard InChI is InChI=1S/C17H20N2O6S2/c1-25-14-6-8-15(9-7-14)27(23,24)19-13-4-2-12(3-5-13)18-16-10-26(21,22)11-17(16)20/h2-9,16-20H,10-11H2,1H3/t16-,17-/m0/s1. The van der Waals surface area contributed by atoms with Gasteiger partial charge in [0.1, 0.15) is 5.75 Å². The summed E-state index contributed by atoms with van der Waals surface area (Å²) in [6, 6.07) is 11.8. The van der Waals surface area contributed by atoms with Crippen LogP contribution >= 0.6 is 0 Å². The van der Waals surface area contributed by atoms with Gasteiger partial charge in [0.15, 0.2) is 9.84 Å². The number of anilines is 2. The molecule has 1 fully saturated rings. The van der Waals surface area contributed by atoms with Crippen molar-refractivity contribution in [1.82, 2.24) is 0 Å². The fourth-order valence-electron chi connectivity index (χ4n) is 2.78. The molecule has 3 rings (SSSR count). The summed E-state index contributed by atoms with van der Waals surface area (Å²) in [6.07, 6.45) is -0.969. The molecule has 2 aromatic rings. The van der Waals surface area contributed by atoms with Crippen LogP contribution in [0.15, 0.2) is 53.4 Å². The van der Waals surface area contributed by atoms with Crippen molar-refractivity contribution >= 4 is 31.2 Å². The topological polar surface area (TPSA) is 122 Å². The minimum atomic E-state index is -3.74. The molecule has 10 heteroatoms. The zero-order valence-electron chi connectivity index (χ0n) is 14.5. The second-order valence-electron chi connectivity index (χ2n) is 6.25. The Bertz CT molecular complexity index is 1000. The highest BCUT2D eigenvalue weighted by Gasteiger charge is 2.36. The SMILES string of the molecule is COc1ccc(S(=O)(=O)Nc2ccc(N[C@H]3CS(=O)(=O)C[C@@H]3O)cc2)cc1. The van der Waals surface area contributed by atoms with E-state index in [9.17, 15) is 21.9 Å². The molecule has 0 amide bonds. The summed E-state index contributed by atoms with van der Waals surface area (Å²) in [7, 11) is -5.49. The van der Waals surface area contributed by atoms with Gasteiger partial charge in [-0.2, -0.15) is 0 Å². The maximum atomic E-state index is 12.4. The third-order valence-corrected chi connectivity index (χ3v) is 7.30. The lowest BCUT2D eigenvalue weighted by atomic mass is 10.2. The van der Waals surface area contributed by atoms with Crippen LogP contribution in [0.5, 0.6) is 5.75 Å². The monoisotopic (exact) mass is 412 g/mol. The highest BCUT2D eigenvalue weighted by molar-refractivity contribution is 7.92. The Labute approximate surface area is 158 Å². The molecule has 1 aliphatic heterocycles. The summed E-state index contributed by atoms with van der Waals surface area (Å²) in [5.41, 5.74) is 0.944. The quantitative estimate of drug-likeness (QED) is 0.649. The van der Waals surface area contributed by atoms with E-state index < -0.39 is 32.0 Å². The Morgan fingerprint density at radius 1 is 1.00 bits per heavy atom. The molecule has 27 heavy (non-hydrogen) atoms. The van der Waals surface area contributed by atoms with E-state index in [1.807, 2.05) is 0 Å². The number of benzene rings is 2. The van der Waals surface area contributed by atoms with Gasteiger partial charge in [-0.3, -0.25) is 4.72 Å². The van der Waals surface area contributed by atoms with Crippen LogP contribution in [0.3, 0.4) is 0 Å². The highest BCUT2D eigenvalue weighted by Crippen LogP contribution is 2.22. The fourth-order valence-corrected chi connectivity index (χ4v) is 5.58. The number of methoxy groups -OCH3 is 1. The van der Waals surface area contributed by atoms with Crippen molar-refractivity contribution in [2.45, 2.75) is 17.0 Å². The van der Waals surface area contributed by atoms with Gasteiger partial charge in [-0.05, 0) is 48.5 Å². The molecule has 1 aliphatic rings. The number of sulfone groups is 1. The normalized spacial score (nSPS) is 21.6. The maximum Gasteiger partial charge on any atom is 0.261 e. The zero-order chi connectivity index (χ0) is 19.7. The van der Waals surface area contributed by atoms with Gasteiger partial charge in [-0.25, -0.2) is 16.8 Å². The first-order valence-corrected chi connectivity index (χ1v) is 11.4. The van der Waals surface area contributed by atoms with Gasteiger partial charge in [0, 0.05) is 11.4 Å². The summed E-state index contributed by atoms with van der Waals surface area (Å²) in [5.74, 6) is 0.158. The lowest BCUT2D eigenvalue weighted by molar-refractivity contribution is 0.190. The molecule has 146 valence electrons. The molecule has 1 saturated heterocycles. The van der Waals surface area contributed by atoms with Crippen LogP contribution in [0, 0.1) is 0 Å². The number of aliphatic hydroxyl groups is 1. The first-order chi connectivity index (χ1) is 12.7. The minimum Gasteiger partial charge on any atom is -0.497 e. The molecule has 2 atom stereocenters. The van der Waals surface area contributed by atoms with Crippen molar-refractivity contribution in [3.8, 4) is 5.75 Å². The summed E-state index contributed by atoms with van der Waals surface area (Å²) < 4.78 is 55.4. The van der Waals surface area contributed by atoms with E-state index >= 15 is 0 Å². The first-order valence-electron chi connectivity index (χ1n) is 8.10. The first kappa shape index (κ1) is 19.5. The van der Waals surface area contributed by atoms with E-state index in [-0.39, 0.29) is 16.4 Å². The van der Waals surface area contributed by atoms with Crippen molar-refractivity contribution < 1.29 is 26.7 Å². The second kappa shape index (κ2) is 7.37. The summed E-state index contributed by atoms with van der Waals surface area (Å²) >= 11 is 0. The molecule has 8 nitrogen and oxygen atoms in total. The highest BCUT2D eigenvalue weighted by atomic mass is 32.2. The lowest BCUT2D eigenvalue weighted by Gasteiger charge is -2.16. The van der Waals surface area contributed by atoms with Gasteiger partial charge in [-0.1, -0.05) is 0 Å². The van der Waals surface area contributed by atoms with E-state index in [0.29, 0.717) is 17.1 Å². The predicted octanol–water partition coefficient (Wildman–Crippen LogP) is 1.07. The summed E-state index contributed by atoms with van der Waals surface area (Å²) in [4.78, 5) is 0.102. The van der Waals surface area contributed by atoms with Gasteiger partial charge in [-0.15, -0.1) is 0 Å². The van der Waals surface area contributed by atoms with Crippen LogP contribution in [-0.2, 0) is 19.9 Å². The Morgan fingerprint density at radius 3 is 2.11 bits per heavy atom. The number of aliphatic hydroxyl groups excluding tert-OH is 1. The van der Waals surface area contributed by atoms with E-state index in [1.54, 1.807) is 36.4 Å². The molecular formula is C17H20N2O6S2. The van der Waals surface area contributed by atoms with Gasteiger partial charge in [0.25, 0.3) is 10.0 Å². The minimum absolute atomic E-state index is 0.102. The van der Waals surface area contributed by atoms with Crippen LogP contribution in [0.1, 0.15) is 0 Å². The van der Waals surface area contributed by atoms with Crippen molar-refractivity contribution in [1.29, 1.82) is 0 Å². The molecule has 0 radical (unpaired) electrons. The van der Waals surface area contributed by atoms with Gasteiger partial charge < -0.3 is 15.2 Å². The van der Waals surface area contributed by atoms with E-state index in [2.05, 4.69) is 10.0 Å². The van der Waals surface area contributed by atoms with Crippen molar-refractivity contribution in [3.63, 3.8) is 0 Å². The molecule has 0 spiro atoms. The molecule has 0 saturated carbocycles. The molecule has 0 unspecified atom stereocenters. The third-order valence-electron chi connectivity index (χ3n) is 4.18. The van der Waals surface area contributed by atoms with E-state index in [1.165, 1.54) is 19.2 Å². The number of sulfonamides is 1. The van der Waals surface area contributed by atoms with Gasteiger partial charge >= 0.3 is 0 Å². The molecule has 1 heterocycles. The fraction of sp³-hybridized carbons (Fsp3) is 0.294. The molecular weight excluding hydrogens is 392 g/mol. The van der Waals surface area contributed by atoms with Crippen LogP contribution in [0.25, 0.3) is 0 Å². The largest absolute Gasteiger partial charge is 0.497 e. The molecule has 2 aromatic carbocycles. The van der Waals surface area contributed by atoms with Crippen molar-refractivity contribution in [2.24, 2.45) is 0 Å². The average molecular weight is 412 g/mol. The molecule has 0 bridgehead atoms. The van der Waals surface area contributed by atoms with Crippen LogP contribution in [0.4, 0.5) is 11.4 Å². The smallest absolute Gasteiger partial charge is 0.261 e. The Morgan fingerprint density at radius 2 is 1.59 bits per heavy atom. The van der Waals surface area contributed by atoms with Gasteiger partial charge in [0.2, 0.25) is 0 Å². The molecule has 0 aliphatic carbocycles. The predicted molar refractivity (Wildman–Crippen MR) is 102 cm³/mol. The zero-order valence-corrected chi connectivity index (χ0v) is 16.1. The molecule has 3 N–H and O–H groups in total. The van der Waals surface area contributed by atoms with Crippen LogP contribution in [0.2, 0.25) is 0 Å².